The number of carbonyl (C=O) groups excluding carboxylic acids is 2. The van der Waals surface area contributed by atoms with Gasteiger partial charge in [-0.2, -0.15) is 0 Å². The first-order valence-corrected chi connectivity index (χ1v) is 8.10. The Morgan fingerprint density at radius 2 is 1.71 bits per heavy atom. The summed E-state index contributed by atoms with van der Waals surface area (Å²) in [7, 11) is 0. The Bertz CT molecular complexity index is 734. The number of nitrogens with zero attached hydrogens (tertiary/aromatic N) is 2. The summed E-state index contributed by atoms with van der Waals surface area (Å²) in [6, 6.07) is 13.3. The van der Waals surface area contributed by atoms with E-state index < -0.39 is 11.8 Å². The molecule has 2 aromatic carbocycles. The molecule has 1 fully saturated rings. The highest BCUT2D eigenvalue weighted by Gasteiger charge is 2.26. The number of amides is 2. The third-order valence-electron chi connectivity index (χ3n) is 4.31. The van der Waals surface area contributed by atoms with Gasteiger partial charge in [-0.05, 0) is 11.5 Å². The van der Waals surface area contributed by atoms with Crippen LogP contribution in [0.5, 0.6) is 0 Å². The van der Waals surface area contributed by atoms with Gasteiger partial charge < -0.3 is 15.3 Å². The fourth-order valence-corrected chi connectivity index (χ4v) is 2.97. The lowest BCUT2D eigenvalue weighted by Crippen LogP contribution is -2.52. The minimum absolute atomic E-state index is 0.107. The number of piperazine rings is 1. The Balaban J connectivity index is 1.65. The average Bonchev–Trinajstić information content (AvgIpc) is 2.62. The SMILES string of the molecule is O=C(Nc1cccc2ccccc12)C(=O)N1CCN(CCO)CC1. The normalized spacial score (nSPS) is 15.5. The van der Waals surface area contributed by atoms with Crippen LogP contribution in [0.15, 0.2) is 42.5 Å². The van der Waals surface area contributed by atoms with Gasteiger partial charge in [-0.15, -0.1) is 0 Å². The number of rotatable bonds is 3. The van der Waals surface area contributed by atoms with Gasteiger partial charge in [0.05, 0.1) is 6.61 Å². The molecule has 2 amide bonds. The van der Waals surface area contributed by atoms with E-state index in [-0.39, 0.29) is 6.61 Å². The summed E-state index contributed by atoms with van der Waals surface area (Å²) in [5.74, 6) is -1.12. The minimum Gasteiger partial charge on any atom is -0.395 e. The smallest absolute Gasteiger partial charge is 0.313 e. The Morgan fingerprint density at radius 3 is 2.46 bits per heavy atom. The first-order chi connectivity index (χ1) is 11.7. The molecular formula is C18H21N3O3. The van der Waals surface area contributed by atoms with Gasteiger partial charge in [0.15, 0.2) is 0 Å². The lowest BCUT2D eigenvalue weighted by Gasteiger charge is -2.33. The molecule has 1 saturated heterocycles. The molecular weight excluding hydrogens is 306 g/mol. The summed E-state index contributed by atoms with van der Waals surface area (Å²) < 4.78 is 0. The number of carbonyl (C=O) groups is 2. The van der Waals surface area contributed by atoms with Gasteiger partial charge in [0.1, 0.15) is 0 Å². The summed E-state index contributed by atoms with van der Waals surface area (Å²) in [5, 5.41) is 13.6. The molecule has 24 heavy (non-hydrogen) atoms. The van der Waals surface area contributed by atoms with Crippen LogP contribution in [0.1, 0.15) is 0 Å². The maximum Gasteiger partial charge on any atom is 0.313 e. The van der Waals surface area contributed by atoms with Crippen LogP contribution in [0.25, 0.3) is 10.8 Å². The van der Waals surface area contributed by atoms with Gasteiger partial charge in [0.2, 0.25) is 0 Å². The van der Waals surface area contributed by atoms with Crippen molar-refractivity contribution in [1.82, 2.24) is 9.80 Å². The third kappa shape index (κ3) is 3.55. The second kappa shape index (κ2) is 7.42. The molecule has 0 saturated carbocycles. The van der Waals surface area contributed by atoms with Gasteiger partial charge in [-0.25, -0.2) is 0 Å². The van der Waals surface area contributed by atoms with Gasteiger partial charge >= 0.3 is 11.8 Å². The first-order valence-electron chi connectivity index (χ1n) is 8.10. The number of nitrogens with one attached hydrogen (secondary N) is 1. The predicted molar refractivity (Wildman–Crippen MR) is 92.7 cm³/mol. The molecule has 3 rings (SSSR count). The molecule has 0 bridgehead atoms. The van der Waals surface area contributed by atoms with Crippen molar-refractivity contribution in [2.24, 2.45) is 0 Å². The van der Waals surface area contributed by atoms with E-state index in [0.29, 0.717) is 38.4 Å². The third-order valence-corrected chi connectivity index (χ3v) is 4.31. The second-order valence-electron chi connectivity index (χ2n) is 5.84. The monoisotopic (exact) mass is 327 g/mol. The zero-order valence-corrected chi connectivity index (χ0v) is 13.4. The molecule has 1 aliphatic heterocycles. The zero-order valence-electron chi connectivity index (χ0n) is 13.4. The van der Waals surface area contributed by atoms with E-state index in [1.807, 2.05) is 36.4 Å². The molecule has 126 valence electrons. The number of benzene rings is 2. The fourth-order valence-electron chi connectivity index (χ4n) is 2.97. The highest BCUT2D eigenvalue weighted by atomic mass is 16.3. The molecule has 0 unspecified atom stereocenters. The molecule has 1 aliphatic rings. The number of aliphatic hydroxyl groups excluding tert-OH is 1. The van der Waals surface area contributed by atoms with Gasteiger partial charge in [0, 0.05) is 43.8 Å². The van der Waals surface area contributed by atoms with E-state index in [1.54, 1.807) is 11.0 Å². The average molecular weight is 327 g/mol. The number of hydrogen-bond donors (Lipinski definition) is 2. The van der Waals surface area contributed by atoms with Crippen LogP contribution >= 0.6 is 0 Å². The van der Waals surface area contributed by atoms with Crippen LogP contribution in [-0.4, -0.2) is 66.1 Å². The number of hydrogen-bond acceptors (Lipinski definition) is 4. The van der Waals surface area contributed by atoms with Crippen molar-refractivity contribution >= 4 is 28.3 Å². The van der Waals surface area contributed by atoms with Crippen molar-refractivity contribution in [3.63, 3.8) is 0 Å². The van der Waals surface area contributed by atoms with E-state index in [4.69, 9.17) is 5.11 Å². The highest BCUT2D eigenvalue weighted by Crippen LogP contribution is 2.22. The number of fused-ring (bicyclic) bond motifs is 1. The molecule has 1 heterocycles. The lowest BCUT2D eigenvalue weighted by atomic mass is 10.1. The van der Waals surface area contributed by atoms with Crippen molar-refractivity contribution in [1.29, 1.82) is 0 Å². The van der Waals surface area contributed by atoms with Gasteiger partial charge in [-0.3, -0.25) is 14.5 Å². The van der Waals surface area contributed by atoms with E-state index >= 15 is 0 Å². The molecule has 0 aliphatic carbocycles. The van der Waals surface area contributed by atoms with Crippen molar-refractivity contribution in [3.05, 3.63) is 42.5 Å². The van der Waals surface area contributed by atoms with Crippen molar-refractivity contribution in [2.75, 3.05) is 44.6 Å². The Kier molecular flexibility index (Phi) is 5.08. The number of anilines is 1. The summed E-state index contributed by atoms with van der Waals surface area (Å²) in [6.45, 7) is 3.06. The van der Waals surface area contributed by atoms with Crippen LogP contribution < -0.4 is 5.32 Å². The van der Waals surface area contributed by atoms with Crippen LogP contribution in [-0.2, 0) is 9.59 Å². The molecule has 0 aromatic heterocycles. The van der Waals surface area contributed by atoms with Gasteiger partial charge in [-0.1, -0.05) is 36.4 Å². The molecule has 0 spiro atoms. The van der Waals surface area contributed by atoms with E-state index in [1.165, 1.54) is 0 Å². The van der Waals surface area contributed by atoms with Crippen LogP contribution in [0.3, 0.4) is 0 Å². The van der Waals surface area contributed by atoms with Crippen LogP contribution in [0.4, 0.5) is 5.69 Å². The lowest BCUT2D eigenvalue weighted by molar-refractivity contribution is -0.144. The molecule has 6 nitrogen and oxygen atoms in total. The first kappa shape index (κ1) is 16.4. The minimum atomic E-state index is -0.609. The molecule has 6 heteroatoms. The maximum atomic E-state index is 12.3. The van der Waals surface area contributed by atoms with Crippen LogP contribution in [0.2, 0.25) is 0 Å². The van der Waals surface area contributed by atoms with E-state index in [9.17, 15) is 9.59 Å². The second-order valence-corrected chi connectivity index (χ2v) is 5.84. The highest BCUT2D eigenvalue weighted by molar-refractivity contribution is 6.40. The maximum absolute atomic E-state index is 12.3. The summed E-state index contributed by atoms with van der Waals surface area (Å²) in [4.78, 5) is 28.3. The fraction of sp³-hybridized carbons (Fsp3) is 0.333. The van der Waals surface area contributed by atoms with Crippen LogP contribution in [0, 0.1) is 0 Å². The van der Waals surface area contributed by atoms with Gasteiger partial charge in [0.25, 0.3) is 0 Å². The predicted octanol–water partition coefficient (Wildman–Crippen LogP) is 0.915. The van der Waals surface area contributed by atoms with Crippen molar-refractivity contribution in [2.45, 2.75) is 0 Å². The van der Waals surface area contributed by atoms with Crippen molar-refractivity contribution < 1.29 is 14.7 Å². The largest absolute Gasteiger partial charge is 0.395 e. The number of aliphatic hydroxyl groups is 1. The zero-order chi connectivity index (χ0) is 16.9. The Hall–Kier alpha value is -2.44. The summed E-state index contributed by atoms with van der Waals surface area (Å²) in [6.07, 6.45) is 0. The molecule has 0 radical (unpaired) electrons. The topological polar surface area (TPSA) is 72.9 Å². The Morgan fingerprint density at radius 1 is 1.00 bits per heavy atom. The van der Waals surface area contributed by atoms with Crippen molar-refractivity contribution in [3.8, 4) is 0 Å². The number of β-amino-alcohol motifs (C(OH)–C–C–N with tert-alkyl or cyclic N) is 1. The molecule has 0 atom stereocenters. The Labute approximate surface area is 140 Å². The molecule has 2 aromatic rings. The van der Waals surface area contributed by atoms with E-state index in [2.05, 4.69) is 10.2 Å². The summed E-state index contributed by atoms with van der Waals surface area (Å²) in [5.41, 5.74) is 0.644. The summed E-state index contributed by atoms with van der Waals surface area (Å²) >= 11 is 0. The van der Waals surface area contributed by atoms with E-state index in [0.717, 1.165) is 10.8 Å². The standard InChI is InChI=1S/C18H21N3O3/c22-13-12-20-8-10-21(11-9-20)18(24)17(23)19-16-7-3-5-14-4-1-2-6-15(14)16/h1-7,22H,8-13H2,(H,19,23). The quantitative estimate of drug-likeness (QED) is 0.822. The molecule has 2 N–H and O–H groups in total.